The molecule has 0 bridgehead atoms. The smallest absolute Gasteiger partial charge is 0.157 e. The molecule has 1 atom stereocenters. The van der Waals surface area contributed by atoms with Crippen LogP contribution < -0.4 is 0 Å². The van der Waals surface area contributed by atoms with Crippen LogP contribution in [0.4, 0.5) is 0 Å². The van der Waals surface area contributed by atoms with Crippen molar-refractivity contribution >= 4 is 6.08 Å². The van der Waals surface area contributed by atoms with Crippen LogP contribution in [0.15, 0.2) is 36.4 Å². The molecule has 0 aliphatic heterocycles. The normalized spacial score (nSPS) is 17.3. The molecular formula is C23H34O3. The maximum Gasteiger partial charge on any atom is 0.157 e. The minimum Gasteiger partial charge on any atom is -0.504 e. The van der Waals surface area contributed by atoms with Crippen LogP contribution in [-0.2, 0) is 0 Å². The van der Waals surface area contributed by atoms with Crippen LogP contribution >= 0.6 is 0 Å². The molecule has 1 aromatic carbocycles. The van der Waals surface area contributed by atoms with Crippen LogP contribution in [0.3, 0.4) is 0 Å². The third-order valence-corrected chi connectivity index (χ3v) is 5.27. The Hall–Kier alpha value is -1.74. The van der Waals surface area contributed by atoms with Gasteiger partial charge in [-0.3, -0.25) is 0 Å². The van der Waals surface area contributed by atoms with E-state index < -0.39 is 0 Å². The van der Waals surface area contributed by atoms with E-state index in [-0.39, 0.29) is 17.6 Å². The Morgan fingerprint density at radius 3 is 2.27 bits per heavy atom. The van der Waals surface area contributed by atoms with E-state index in [9.17, 15) is 15.3 Å². The number of aliphatic hydroxyl groups is 1. The Balaban J connectivity index is 1.49. The maximum atomic E-state index is 10.2. The number of phenols is 2. The van der Waals surface area contributed by atoms with Gasteiger partial charge < -0.3 is 15.3 Å². The highest BCUT2D eigenvalue weighted by Crippen LogP contribution is 2.27. The molecule has 0 radical (unpaired) electrons. The molecule has 1 aliphatic carbocycles. The van der Waals surface area contributed by atoms with Crippen molar-refractivity contribution in [2.45, 2.75) is 76.7 Å². The van der Waals surface area contributed by atoms with Crippen LogP contribution in [-0.4, -0.2) is 21.4 Å². The average Bonchev–Trinajstić information content (AvgIpc) is 2.66. The molecule has 0 spiro atoms. The molecule has 1 unspecified atom stereocenters. The zero-order valence-electron chi connectivity index (χ0n) is 15.8. The monoisotopic (exact) mass is 358 g/mol. The largest absolute Gasteiger partial charge is 0.504 e. The predicted molar refractivity (Wildman–Crippen MR) is 108 cm³/mol. The standard InChI is InChI=1S/C23H34O3/c24-21(20-13-9-7-10-14-20)15-11-6-4-2-1-3-5-8-12-19-16-17-22(25)23(26)18-19/h8,11-12,15-18,20-21,24-26H,1-7,9-10,13-14H2. The van der Waals surface area contributed by atoms with Gasteiger partial charge in [0, 0.05) is 0 Å². The van der Waals surface area contributed by atoms with Gasteiger partial charge in [-0.25, -0.2) is 0 Å². The van der Waals surface area contributed by atoms with E-state index in [1.807, 2.05) is 12.2 Å². The first-order chi connectivity index (χ1) is 12.7. The van der Waals surface area contributed by atoms with E-state index in [2.05, 4.69) is 12.2 Å². The molecule has 1 aliphatic rings. The topological polar surface area (TPSA) is 60.7 Å². The van der Waals surface area contributed by atoms with Gasteiger partial charge in [-0.15, -0.1) is 0 Å². The first-order valence-corrected chi connectivity index (χ1v) is 10.2. The summed E-state index contributed by atoms with van der Waals surface area (Å²) in [4.78, 5) is 0. The van der Waals surface area contributed by atoms with Crippen LogP contribution in [0.25, 0.3) is 6.08 Å². The van der Waals surface area contributed by atoms with Gasteiger partial charge >= 0.3 is 0 Å². The van der Waals surface area contributed by atoms with E-state index in [4.69, 9.17) is 0 Å². The Kier molecular flexibility index (Phi) is 9.33. The zero-order chi connectivity index (χ0) is 18.6. The summed E-state index contributed by atoms with van der Waals surface area (Å²) in [5, 5.41) is 28.9. The second-order valence-corrected chi connectivity index (χ2v) is 7.46. The summed E-state index contributed by atoms with van der Waals surface area (Å²) in [6, 6.07) is 4.87. The second kappa shape index (κ2) is 11.8. The summed E-state index contributed by atoms with van der Waals surface area (Å²) in [5.74, 6) is 0.332. The van der Waals surface area contributed by atoms with Gasteiger partial charge in [-0.05, 0) is 62.1 Å². The van der Waals surface area contributed by atoms with Crippen molar-refractivity contribution < 1.29 is 15.3 Å². The van der Waals surface area contributed by atoms with Crippen LogP contribution in [0.2, 0.25) is 0 Å². The molecule has 26 heavy (non-hydrogen) atoms. The predicted octanol–water partition coefficient (Wildman–Crippen LogP) is 5.95. The van der Waals surface area contributed by atoms with Gasteiger partial charge in [0.2, 0.25) is 0 Å². The number of aliphatic hydroxyl groups excluding tert-OH is 1. The molecule has 2 rings (SSSR count). The van der Waals surface area contributed by atoms with Crippen LogP contribution in [0, 0.1) is 5.92 Å². The summed E-state index contributed by atoms with van der Waals surface area (Å²) in [7, 11) is 0. The fourth-order valence-electron chi connectivity index (χ4n) is 3.61. The van der Waals surface area contributed by atoms with E-state index in [1.165, 1.54) is 57.4 Å². The first-order valence-electron chi connectivity index (χ1n) is 10.2. The van der Waals surface area contributed by atoms with Crippen LogP contribution in [0.5, 0.6) is 11.5 Å². The van der Waals surface area contributed by atoms with E-state index >= 15 is 0 Å². The third kappa shape index (κ3) is 7.65. The molecule has 3 nitrogen and oxygen atoms in total. The molecule has 1 aromatic rings. The Morgan fingerprint density at radius 1 is 0.885 bits per heavy atom. The number of phenolic OH excluding ortho intramolecular Hbond substituents is 2. The second-order valence-electron chi connectivity index (χ2n) is 7.46. The molecule has 0 heterocycles. The number of benzene rings is 1. The molecule has 0 amide bonds. The summed E-state index contributed by atoms with van der Waals surface area (Å²) >= 11 is 0. The molecule has 1 saturated carbocycles. The van der Waals surface area contributed by atoms with Crippen molar-refractivity contribution in [3.8, 4) is 11.5 Å². The number of unbranched alkanes of at least 4 members (excludes halogenated alkanes) is 5. The number of aromatic hydroxyl groups is 2. The number of allylic oxidation sites excluding steroid dienone is 2. The summed E-state index contributed by atoms with van der Waals surface area (Å²) in [5.41, 5.74) is 0.905. The third-order valence-electron chi connectivity index (χ3n) is 5.27. The quantitative estimate of drug-likeness (QED) is 0.275. The maximum absolute atomic E-state index is 10.2. The number of hydrogen-bond donors (Lipinski definition) is 3. The minimum atomic E-state index is -0.236. The summed E-state index contributed by atoms with van der Waals surface area (Å²) < 4.78 is 0. The number of rotatable bonds is 10. The average molecular weight is 359 g/mol. The molecule has 1 fully saturated rings. The van der Waals surface area contributed by atoms with Crippen LogP contribution in [0.1, 0.15) is 76.2 Å². The van der Waals surface area contributed by atoms with E-state index in [0.29, 0.717) is 5.92 Å². The summed E-state index contributed by atoms with van der Waals surface area (Å²) in [6.45, 7) is 0. The fraction of sp³-hybridized carbons (Fsp3) is 0.565. The Bertz CT molecular complexity index is 571. The number of hydrogen-bond acceptors (Lipinski definition) is 3. The SMILES string of the molecule is Oc1ccc(C=CCCCCCCC=CC(O)C2CCCCC2)cc1O. The van der Waals surface area contributed by atoms with Gasteiger partial charge in [0.15, 0.2) is 11.5 Å². The first kappa shape index (κ1) is 20.6. The van der Waals surface area contributed by atoms with Gasteiger partial charge in [0.1, 0.15) is 0 Å². The van der Waals surface area contributed by atoms with Crippen molar-refractivity contribution in [1.82, 2.24) is 0 Å². The lowest BCUT2D eigenvalue weighted by atomic mass is 9.85. The highest BCUT2D eigenvalue weighted by atomic mass is 16.3. The fourth-order valence-corrected chi connectivity index (χ4v) is 3.61. The van der Waals surface area contributed by atoms with Gasteiger partial charge in [-0.1, -0.05) is 62.5 Å². The Labute approximate surface area is 158 Å². The van der Waals surface area contributed by atoms with Gasteiger partial charge in [0.25, 0.3) is 0 Å². The Morgan fingerprint density at radius 2 is 1.58 bits per heavy atom. The van der Waals surface area contributed by atoms with Crippen molar-refractivity contribution in [2.75, 3.05) is 0 Å². The van der Waals surface area contributed by atoms with Gasteiger partial charge in [0.05, 0.1) is 6.10 Å². The highest BCUT2D eigenvalue weighted by molar-refractivity contribution is 5.54. The van der Waals surface area contributed by atoms with E-state index in [0.717, 1.165) is 24.8 Å². The molecule has 0 aromatic heterocycles. The van der Waals surface area contributed by atoms with Crippen molar-refractivity contribution in [2.24, 2.45) is 5.92 Å². The van der Waals surface area contributed by atoms with Crippen molar-refractivity contribution in [1.29, 1.82) is 0 Å². The molecule has 144 valence electrons. The molecule has 3 heteroatoms. The molecule has 3 N–H and O–H groups in total. The zero-order valence-corrected chi connectivity index (χ0v) is 15.8. The lowest BCUT2D eigenvalue weighted by molar-refractivity contribution is 0.125. The molecular weight excluding hydrogens is 324 g/mol. The van der Waals surface area contributed by atoms with Gasteiger partial charge in [-0.2, -0.15) is 0 Å². The summed E-state index contributed by atoms with van der Waals surface area (Å²) in [6.07, 6.45) is 21.2. The van der Waals surface area contributed by atoms with Crippen molar-refractivity contribution in [3.05, 3.63) is 42.0 Å². The lowest BCUT2D eigenvalue weighted by Gasteiger charge is -2.24. The van der Waals surface area contributed by atoms with Crippen molar-refractivity contribution in [3.63, 3.8) is 0 Å². The molecule has 0 saturated heterocycles. The minimum absolute atomic E-state index is 0.0752. The lowest BCUT2D eigenvalue weighted by Crippen LogP contribution is -2.20. The van der Waals surface area contributed by atoms with E-state index in [1.54, 1.807) is 12.1 Å². The highest BCUT2D eigenvalue weighted by Gasteiger charge is 2.19.